The predicted molar refractivity (Wildman–Crippen MR) is 125 cm³/mol. The molecule has 1 heterocycles. The highest BCUT2D eigenvalue weighted by Crippen LogP contribution is 2.44. The third-order valence-electron chi connectivity index (χ3n) is 5.80. The molecule has 6 heteroatoms. The minimum absolute atomic E-state index is 0.0152. The zero-order chi connectivity index (χ0) is 22.8. The van der Waals surface area contributed by atoms with Crippen LogP contribution in [0.1, 0.15) is 33.1 Å². The van der Waals surface area contributed by atoms with Gasteiger partial charge in [0, 0.05) is 16.8 Å². The van der Waals surface area contributed by atoms with Gasteiger partial charge in [0.2, 0.25) is 0 Å². The fraction of sp³-hybridized carbons (Fsp3) is 0.111. The third kappa shape index (κ3) is 3.81. The summed E-state index contributed by atoms with van der Waals surface area (Å²) in [6.07, 6.45) is -0.566. The van der Waals surface area contributed by atoms with Crippen molar-refractivity contribution in [2.75, 3.05) is 13.2 Å². The van der Waals surface area contributed by atoms with E-state index in [4.69, 9.17) is 4.74 Å². The number of rotatable bonds is 4. The summed E-state index contributed by atoms with van der Waals surface area (Å²) >= 11 is 0. The van der Waals surface area contributed by atoms with Gasteiger partial charge in [-0.3, -0.25) is 0 Å². The second-order valence-corrected chi connectivity index (χ2v) is 7.71. The number of ether oxygens (including phenoxy) is 1. The van der Waals surface area contributed by atoms with Gasteiger partial charge in [-0.2, -0.15) is 0 Å². The number of hydrogen-bond acceptors (Lipinski definition) is 3. The summed E-state index contributed by atoms with van der Waals surface area (Å²) in [5.41, 5.74) is 5.75. The van der Waals surface area contributed by atoms with Crippen LogP contribution >= 0.6 is 0 Å². The number of hydrogen-bond donors (Lipinski definition) is 3. The number of carboxylic acids is 1. The second kappa shape index (κ2) is 8.56. The highest BCUT2D eigenvalue weighted by atomic mass is 16.5. The Bertz CT molecular complexity index is 1400. The van der Waals surface area contributed by atoms with Crippen LogP contribution in [-0.2, 0) is 4.74 Å². The van der Waals surface area contributed by atoms with Crippen LogP contribution in [0.25, 0.3) is 22.0 Å². The first-order valence-electron chi connectivity index (χ1n) is 10.5. The van der Waals surface area contributed by atoms with Crippen molar-refractivity contribution in [3.05, 3.63) is 95.2 Å². The Balaban J connectivity index is 1.24. The molecule has 0 bridgehead atoms. The summed E-state index contributed by atoms with van der Waals surface area (Å²) in [5, 5.41) is 12.8. The molecule has 1 aromatic heterocycles. The molecular weight excluding hydrogens is 416 g/mol. The number of aromatic carboxylic acids is 1. The average molecular weight is 436 g/mol. The molecule has 1 aliphatic carbocycles. The molecule has 6 nitrogen and oxygen atoms in total. The van der Waals surface area contributed by atoms with E-state index in [1.54, 1.807) is 12.1 Å². The van der Waals surface area contributed by atoms with E-state index in [0.29, 0.717) is 11.1 Å². The summed E-state index contributed by atoms with van der Waals surface area (Å²) in [7, 11) is 0. The van der Waals surface area contributed by atoms with Gasteiger partial charge in [-0.25, -0.2) is 9.59 Å². The highest BCUT2D eigenvalue weighted by Gasteiger charge is 2.28. The number of alkyl carbamates (subject to hydrolysis) is 1. The number of para-hydroxylation sites is 1. The van der Waals surface area contributed by atoms with Gasteiger partial charge in [0.25, 0.3) is 0 Å². The van der Waals surface area contributed by atoms with Gasteiger partial charge < -0.3 is 20.1 Å². The first-order valence-corrected chi connectivity index (χ1v) is 10.5. The van der Waals surface area contributed by atoms with Gasteiger partial charge in [0.15, 0.2) is 0 Å². The van der Waals surface area contributed by atoms with Gasteiger partial charge in [0.1, 0.15) is 12.3 Å². The van der Waals surface area contributed by atoms with E-state index < -0.39 is 12.1 Å². The van der Waals surface area contributed by atoms with Crippen molar-refractivity contribution in [3.63, 3.8) is 0 Å². The number of fused-ring (bicyclic) bond motifs is 4. The van der Waals surface area contributed by atoms with Crippen molar-refractivity contribution in [2.45, 2.75) is 5.92 Å². The second-order valence-electron chi connectivity index (χ2n) is 7.71. The molecule has 0 saturated carbocycles. The van der Waals surface area contributed by atoms with Crippen LogP contribution in [0.4, 0.5) is 4.79 Å². The van der Waals surface area contributed by atoms with E-state index in [1.165, 1.54) is 11.1 Å². The predicted octanol–water partition coefficient (Wildman–Crippen LogP) is 4.76. The lowest BCUT2D eigenvalue weighted by Crippen LogP contribution is -2.26. The van der Waals surface area contributed by atoms with Gasteiger partial charge in [-0.1, -0.05) is 78.6 Å². The smallest absolute Gasteiger partial charge is 0.407 e. The lowest BCUT2D eigenvalue weighted by molar-refractivity contribution is 0.0691. The minimum Gasteiger partial charge on any atom is -0.477 e. The Morgan fingerprint density at radius 3 is 2.27 bits per heavy atom. The van der Waals surface area contributed by atoms with E-state index in [1.807, 2.05) is 36.4 Å². The molecule has 3 N–H and O–H groups in total. The molecule has 1 aliphatic rings. The molecule has 33 heavy (non-hydrogen) atoms. The van der Waals surface area contributed by atoms with Crippen LogP contribution in [0.2, 0.25) is 0 Å². The van der Waals surface area contributed by atoms with E-state index in [0.717, 1.165) is 16.5 Å². The van der Waals surface area contributed by atoms with Gasteiger partial charge in [-0.15, -0.1) is 0 Å². The molecular formula is C27H20N2O4. The molecule has 162 valence electrons. The van der Waals surface area contributed by atoms with E-state index >= 15 is 0 Å². The molecule has 0 saturated heterocycles. The van der Waals surface area contributed by atoms with Crippen molar-refractivity contribution in [1.82, 2.24) is 10.3 Å². The molecule has 0 fully saturated rings. The van der Waals surface area contributed by atoms with Crippen molar-refractivity contribution < 1.29 is 19.4 Å². The maximum absolute atomic E-state index is 12.3. The number of aromatic nitrogens is 1. The van der Waals surface area contributed by atoms with Crippen LogP contribution < -0.4 is 5.32 Å². The molecule has 0 unspecified atom stereocenters. The van der Waals surface area contributed by atoms with Crippen LogP contribution in [0.5, 0.6) is 0 Å². The number of carbonyl (C=O) groups excluding carboxylic acids is 1. The monoisotopic (exact) mass is 436 g/mol. The minimum atomic E-state index is -1.08. The summed E-state index contributed by atoms with van der Waals surface area (Å²) < 4.78 is 5.49. The Morgan fingerprint density at radius 1 is 0.939 bits per heavy atom. The molecule has 1 amide bonds. The number of H-pyrrole nitrogens is 1. The first-order chi connectivity index (χ1) is 16.1. The van der Waals surface area contributed by atoms with Gasteiger partial charge in [0.05, 0.1) is 12.1 Å². The summed E-state index contributed by atoms with van der Waals surface area (Å²) in [4.78, 5) is 26.7. The van der Waals surface area contributed by atoms with Crippen LogP contribution in [-0.4, -0.2) is 35.3 Å². The van der Waals surface area contributed by atoms with Gasteiger partial charge >= 0.3 is 12.1 Å². The zero-order valence-electron chi connectivity index (χ0n) is 17.6. The maximum Gasteiger partial charge on any atom is 0.407 e. The van der Waals surface area contributed by atoms with Crippen LogP contribution in [0, 0.1) is 11.8 Å². The van der Waals surface area contributed by atoms with E-state index in [2.05, 4.69) is 46.4 Å². The number of nitrogens with one attached hydrogen (secondary N) is 2. The van der Waals surface area contributed by atoms with E-state index in [9.17, 15) is 14.7 Å². The first kappa shape index (κ1) is 20.4. The average Bonchev–Trinajstić information content (AvgIpc) is 3.37. The molecule has 4 aromatic rings. The number of benzene rings is 3. The molecule has 0 atom stereocenters. The van der Waals surface area contributed by atoms with Crippen molar-refractivity contribution in [3.8, 4) is 23.0 Å². The number of amides is 1. The quantitative estimate of drug-likeness (QED) is 0.403. The van der Waals surface area contributed by atoms with Crippen LogP contribution in [0.15, 0.2) is 72.8 Å². The third-order valence-corrected chi connectivity index (χ3v) is 5.80. The lowest BCUT2D eigenvalue weighted by Gasteiger charge is -2.14. The van der Waals surface area contributed by atoms with Crippen molar-refractivity contribution in [2.24, 2.45) is 0 Å². The highest BCUT2D eigenvalue weighted by molar-refractivity contribution is 5.99. The number of carbonyl (C=O) groups is 2. The molecule has 3 aromatic carbocycles. The Morgan fingerprint density at radius 2 is 1.58 bits per heavy atom. The van der Waals surface area contributed by atoms with Crippen molar-refractivity contribution >= 4 is 23.0 Å². The van der Waals surface area contributed by atoms with Crippen molar-refractivity contribution in [1.29, 1.82) is 0 Å². The Kier molecular flexibility index (Phi) is 5.29. The SMILES string of the molecule is O=C(NCC#Cc1c(C(=O)O)[nH]c2ccccc12)OCC1c2ccccc2-c2ccccc21. The van der Waals surface area contributed by atoms with Crippen LogP contribution in [0.3, 0.4) is 0 Å². The zero-order valence-corrected chi connectivity index (χ0v) is 17.6. The standard InChI is InChI=1S/C27H20N2O4/c30-26(31)25-22(21-12-5-6-14-24(21)29-25)13-7-15-28-27(32)33-16-23-19-10-3-1-8-17(19)18-9-2-4-11-20(18)23/h1-6,8-12,14,23,29H,15-16H2,(H,28,32)(H,30,31). The fourth-order valence-corrected chi connectivity index (χ4v) is 4.33. The fourth-order valence-electron chi connectivity index (χ4n) is 4.33. The number of carboxylic acid groups (broad SMARTS) is 1. The summed E-state index contributed by atoms with van der Waals surface area (Å²) in [6.45, 7) is 0.258. The summed E-state index contributed by atoms with van der Waals surface area (Å²) in [5.74, 6) is 4.59. The topological polar surface area (TPSA) is 91.4 Å². The van der Waals surface area contributed by atoms with Gasteiger partial charge in [-0.05, 0) is 28.3 Å². The van der Waals surface area contributed by atoms with E-state index in [-0.39, 0.29) is 24.8 Å². The molecule has 0 aliphatic heterocycles. The Labute approximate surface area is 190 Å². The molecule has 0 radical (unpaired) electrons. The maximum atomic E-state index is 12.3. The largest absolute Gasteiger partial charge is 0.477 e. The summed E-state index contributed by atoms with van der Waals surface area (Å²) in [6, 6.07) is 23.5. The lowest BCUT2D eigenvalue weighted by atomic mass is 9.98. The number of aromatic amines is 1. The normalized spacial score (nSPS) is 11.9. The molecule has 5 rings (SSSR count). The molecule has 0 spiro atoms. The Hall–Kier alpha value is -4.50.